The minimum Gasteiger partial charge on any atom is -0.747 e. The van der Waals surface area contributed by atoms with Crippen molar-refractivity contribution in [3.8, 4) is 0 Å². The molecule has 2 N–H and O–H groups in total. The summed E-state index contributed by atoms with van der Waals surface area (Å²) in [5, 5.41) is 0. The summed E-state index contributed by atoms with van der Waals surface area (Å²) < 4.78 is 62.4. The number of rotatable bonds is 2. The fraction of sp³-hybridized carbons (Fsp3) is 0.500. The second-order valence-electron chi connectivity index (χ2n) is 6.63. The van der Waals surface area contributed by atoms with Gasteiger partial charge in [-0.2, -0.15) is 0 Å². The van der Waals surface area contributed by atoms with Crippen molar-refractivity contribution >= 4 is 43.3 Å². The molecule has 0 heterocycles. The van der Waals surface area contributed by atoms with E-state index >= 15 is 0 Å². The molecule has 0 aromatic rings. The Morgan fingerprint density at radius 1 is 0.808 bits per heavy atom. The zero-order chi connectivity index (χ0) is 18.8. The predicted octanol–water partition coefficient (Wildman–Crippen LogP) is 1.19. The molecular weight excluding hydrogens is 393 g/mol. The molecule has 2 aliphatic carbocycles. The number of allylic oxidation sites excluding steroid dienone is 6. The summed E-state index contributed by atoms with van der Waals surface area (Å²) in [6, 6.07) is 0. The van der Waals surface area contributed by atoms with Crippen molar-refractivity contribution < 1.29 is 31.4 Å². The summed E-state index contributed by atoms with van der Waals surface area (Å²) in [4.78, 5) is 0. The van der Waals surface area contributed by atoms with Crippen molar-refractivity contribution in [2.75, 3.05) is 0 Å². The molecule has 10 heteroatoms. The molecule has 0 bridgehead atoms. The van der Waals surface area contributed by atoms with E-state index in [1.165, 1.54) is 26.0 Å². The summed E-state index contributed by atoms with van der Waals surface area (Å²) >= 11 is 0. The Morgan fingerprint density at radius 2 is 1.08 bits per heavy atom. The van der Waals surface area contributed by atoms with Crippen LogP contribution in [0.1, 0.15) is 40.5 Å². The Hall–Kier alpha value is -0.494. The summed E-state index contributed by atoms with van der Waals surface area (Å²) in [5.41, 5.74) is 1.83. The van der Waals surface area contributed by atoms with Gasteiger partial charge in [-0.25, -0.2) is 16.8 Å². The number of hydrogen-bond acceptors (Lipinski definition) is 6. The van der Waals surface area contributed by atoms with Crippen molar-refractivity contribution in [1.29, 1.82) is 0 Å². The van der Waals surface area contributed by atoms with Gasteiger partial charge in [0.2, 0.25) is 0 Å². The van der Waals surface area contributed by atoms with Gasteiger partial charge in [-0.1, -0.05) is 47.6 Å². The van der Waals surface area contributed by atoms with Gasteiger partial charge in [-0.15, -0.1) is 0 Å². The third kappa shape index (κ3) is 6.91. The minimum atomic E-state index is -4.24. The molecule has 144 valence electrons. The predicted molar refractivity (Wildman–Crippen MR) is 101 cm³/mol. The molecule has 0 radical (unpaired) electrons. The van der Waals surface area contributed by atoms with Crippen LogP contribution in [0.4, 0.5) is 0 Å². The summed E-state index contributed by atoms with van der Waals surface area (Å²) in [5.74, 6) is 0. The first-order valence-corrected chi connectivity index (χ1v) is 10.1. The van der Waals surface area contributed by atoms with Crippen LogP contribution in [0.5, 0.6) is 0 Å². The van der Waals surface area contributed by atoms with Crippen molar-refractivity contribution in [3.05, 3.63) is 47.6 Å². The van der Waals surface area contributed by atoms with Gasteiger partial charge in [0.25, 0.3) is 0 Å². The quantitative estimate of drug-likeness (QED) is 0.488. The summed E-state index contributed by atoms with van der Waals surface area (Å²) in [6.07, 6.45) is 10.4. The molecule has 7 nitrogen and oxygen atoms in total. The second-order valence-corrected chi connectivity index (χ2v) is 10.3. The van der Waals surface area contributed by atoms with Crippen LogP contribution < -0.4 is 0 Å². The van der Waals surface area contributed by atoms with Crippen molar-refractivity contribution in [2.24, 2.45) is 0 Å². The van der Waals surface area contributed by atoms with E-state index in [-0.39, 0.29) is 28.5 Å². The first-order valence-electron chi connectivity index (χ1n) is 7.31. The molecule has 0 saturated heterocycles. The molecule has 0 spiro atoms. The van der Waals surface area contributed by atoms with E-state index in [4.69, 9.17) is 0 Å². The fourth-order valence-corrected chi connectivity index (χ4v) is 3.82. The third-order valence-corrected chi connectivity index (χ3v) is 6.91. The second kappa shape index (κ2) is 9.63. The van der Waals surface area contributed by atoms with E-state index in [9.17, 15) is 25.9 Å². The van der Waals surface area contributed by atoms with Crippen LogP contribution in [0, 0.1) is 0 Å². The van der Waals surface area contributed by atoms with Crippen molar-refractivity contribution in [3.63, 3.8) is 0 Å². The summed E-state index contributed by atoms with van der Waals surface area (Å²) in [6.45, 7) is 6.52. The molecule has 0 aliphatic heterocycles. The van der Waals surface area contributed by atoms with Crippen molar-refractivity contribution in [1.82, 2.24) is 0 Å². The molecule has 0 fully saturated rings. The van der Waals surface area contributed by atoms with Gasteiger partial charge in [0.05, 0.1) is 9.49 Å². The van der Waals surface area contributed by atoms with Crippen molar-refractivity contribution in [2.45, 2.75) is 50.0 Å². The Bertz CT molecular complexity index is 753. The third-order valence-electron chi connectivity index (χ3n) is 4.06. The zero-order valence-corrected chi connectivity index (χ0v) is 18.4. The average molecular weight is 417 g/mol. The van der Waals surface area contributed by atoms with E-state index in [0.717, 1.165) is 11.1 Å². The van der Waals surface area contributed by atoms with Crippen LogP contribution in [0.2, 0.25) is 0 Å². The maximum Gasteiger partial charge on any atom is 2.00 e. The maximum atomic E-state index is 10.8. The van der Waals surface area contributed by atoms with Gasteiger partial charge < -0.3 is 14.6 Å². The molecule has 2 rings (SSSR count). The monoisotopic (exact) mass is 416 g/mol. The van der Waals surface area contributed by atoms with Crippen LogP contribution in [0.15, 0.2) is 47.6 Å². The largest absolute Gasteiger partial charge is 2.00 e. The van der Waals surface area contributed by atoms with Crippen LogP contribution in [0.3, 0.4) is 0 Å². The Kier molecular flexibility index (Phi) is 10.3. The molecule has 0 saturated carbocycles. The molecule has 0 aromatic carbocycles. The van der Waals surface area contributed by atoms with E-state index in [0.29, 0.717) is 12.8 Å². The van der Waals surface area contributed by atoms with Gasteiger partial charge in [0, 0.05) is 0 Å². The van der Waals surface area contributed by atoms with E-state index in [2.05, 4.69) is 0 Å². The molecule has 0 amide bonds. The molecule has 26 heavy (non-hydrogen) atoms. The smallest absolute Gasteiger partial charge is 0.747 e. The van der Waals surface area contributed by atoms with Gasteiger partial charge in [-0.3, -0.25) is 0 Å². The van der Waals surface area contributed by atoms with Crippen LogP contribution in [-0.4, -0.2) is 64.0 Å². The van der Waals surface area contributed by atoms with E-state index in [1.807, 2.05) is 26.0 Å². The zero-order valence-electron chi connectivity index (χ0n) is 15.4. The molecular formula is C16H24MgO7S2. The standard InChI is InChI=1S/2C8H12O3S.Mg.H2O/c2*1-7-4-3-5-8(2,6-7)12(9,10)11;;/h2*3-5H,6H2,1-2H3,(H,9,10,11);;1H2/q;;+2;/p-2. The van der Waals surface area contributed by atoms with Gasteiger partial charge in [-0.05, 0) is 40.5 Å². The first kappa shape index (κ1) is 27.7. The normalized spacial score (nSPS) is 27.8. The average Bonchev–Trinajstić information content (AvgIpc) is 2.36. The Morgan fingerprint density at radius 3 is 1.23 bits per heavy atom. The maximum absolute atomic E-state index is 10.8. The Labute approximate surface area is 171 Å². The topological polar surface area (TPSA) is 146 Å². The SMILES string of the molecule is CC1=CC=CC(C)(S(=O)(=O)[O-])C1.CC1=CC=CC(C)(S(=O)(=O)[O-])C1.O.[Mg+2]. The van der Waals surface area contributed by atoms with Crippen LogP contribution >= 0.6 is 0 Å². The molecule has 2 unspecified atom stereocenters. The van der Waals surface area contributed by atoms with E-state index < -0.39 is 29.7 Å². The Balaban J connectivity index is 0. The molecule has 2 aliphatic rings. The fourth-order valence-electron chi connectivity index (χ4n) is 2.52. The van der Waals surface area contributed by atoms with Crippen LogP contribution in [-0.2, 0) is 20.2 Å². The number of hydrogen-bond donors (Lipinski definition) is 0. The first-order chi connectivity index (χ1) is 10.7. The van der Waals surface area contributed by atoms with Gasteiger partial charge in [0.1, 0.15) is 20.2 Å². The molecule has 0 aromatic heterocycles. The molecule has 2 atom stereocenters. The van der Waals surface area contributed by atoms with Gasteiger partial charge >= 0.3 is 23.1 Å². The van der Waals surface area contributed by atoms with Crippen LogP contribution in [0.25, 0.3) is 0 Å². The van der Waals surface area contributed by atoms with Gasteiger partial charge in [0.15, 0.2) is 0 Å². The summed E-state index contributed by atoms with van der Waals surface area (Å²) in [7, 11) is -8.47. The van der Waals surface area contributed by atoms with E-state index in [1.54, 1.807) is 12.2 Å². The minimum absolute atomic E-state index is 0.